The molecule has 0 bridgehead atoms. The van der Waals surface area contributed by atoms with Crippen molar-refractivity contribution in [3.63, 3.8) is 0 Å². The number of nitrogens with zero attached hydrogens (tertiary/aromatic N) is 4. The van der Waals surface area contributed by atoms with E-state index in [9.17, 15) is 57.9 Å². The number of thioether (sulfide) groups is 1. The van der Waals surface area contributed by atoms with Crippen molar-refractivity contribution in [2.45, 2.75) is 102 Å². The summed E-state index contributed by atoms with van der Waals surface area (Å²) in [7, 11) is -16.4. The Morgan fingerprint density at radius 3 is 2.27 bits per heavy atom. The SMILES string of the molecule is CC(C)(COP(=O)(O)OP(=O)(O)OC[C@H]1O[C@H](n2cnc3c(N)ncnc32)[C@H](O)[C@@H]1OP(=O)(O)O)[C@@H](O)C(=O)NCCC(=O)NCCSC(=O)CCCCCCCCCO. The second-order valence-corrected chi connectivity index (χ2v) is 19.6. The molecule has 7 atom stereocenters. The van der Waals surface area contributed by atoms with Gasteiger partial charge >= 0.3 is 23.5 Å². The van der Waals surface area contributed by atoms with Gasteiger partial charge in [-0.25, -0.2) is 28.6 Å². The van der Waals surface area contributed by atoms with Crippen LogP contribution < -0.4 is 16.4 Å². The third-order valence-corrected chi connectivity index (χ3v) is 12.8. The zero-order chi connectivity index (χ0) is 44.7. The summed E-state index contributed by atoms with van der Waals surface area (Å²) in [6.07, 6.45) is 0.227. The number of anilines is 1. The third-order valence-electron chi connectivity index (χ3n) is 8.80. The summed E-state index contributed by atoms with van der Waals surface area (Å²) in [6.45, 7) is 0.716. The number of rotatable bonds is 28. The number of phosphoric ester groups is 3. The maximum atomic E-state index is 12.7. The number of nitrogens with one attached hydrogen (secondary N) is 2. The highest BCUT2D eigenvalue weighted by atomic mass is 32.2. The second-order valence-electron chi connectivity index (χ2n) is 14.2. The number of imidazole rings is 1. The molecule has 3 heterocycles. The molecule has 0 radical (unpaired) electrons. The molecule has 1 fully saturated rings. The van der Waals surface area contributed by atoms with Crippen molar-refractivity contribution >= 4 is 69.1 Å². The van der Waals surface area contributed by atoms with Gasteiger partial charge in [0, 0.05) is 43.7 Å². The molecule has 0 saturated carbocycles. The molecule has 342 valence electrons. The Morgan fingerprint density at radius 2 is 1.60 bits per heavy atom. The van der Waals surface area contributed by atoms with E-state index in [1.165, 1.54) is 13.8 Å². The van der Waals surface area contributed by atoms with Gasteiger partial charge in [0.15, 0.2) is 22.8 Å². The van der Waals surface area contributed by atoms with Crippen LogP contribution in [0.4, 0.5) is 5.82 Å². The first-order valence-corrected chi connectivity index (χ1v) is 24.2. The van der Waals surface area contributed by atoms with E-state index in [1.807, 2.05) is 0 Å². The highest BCUT2D eigenvalue weighted by Crippen LogP contribution is 2.61. The van der Waals surface area contributed by atoms with Gasteiger partial charge in [0.1, 0.15) is 36.3 Å². The smallest absolute Gasteiger partial charge is 0.396 e. The Bertz CT molecular complexity index is 1870. The van der Waals surface area contributed by atoms with Crippen LogP contribution in [0.25, 0.3) is 11.2 Å². The lowest BCUT2D eigenvalue weighted by atomic mass is 9.87. The first-order valence-electron chi connectivity index (χ1n) is 18.7. The molecule has 1 saturated heterocycles. The summed E-state index contributed by atoms with van der Waals surface area (Å²) in [6, 6.07) is 0. The molecular formula is C31H54N7O18P3S. The van der Waals surface area contributed by atoms with Crippen molar-refractivity contribution in [2.75, 3.05) is 44.4 Å². The molecule has 3 rings (SSSR count). The van der Waals surface area contributed by atoms with Crippen LogP contribution in [0.1, 0.15) is 77.9 Å². The van der Waals surface area contributed by atoms with Crippen molar-refractivity contribution in [2.24, 2.45) is 5.41 Å². The van der Waals surface area contributed by atoms with E-state index in [2.05, 4.69) is 34.4 Å². The molecule has 11 N–H and O–H groups in total. The van der Waals surface area contributed by atoms with Gasteiger partial charge in [0.2, 0.25) is 11.8 Å². The van der Waals surface area contributed by atoms with Crippen LogP contribution in [0, 0.1) is 5.41 Å². The normalized spacial score (nSPS) is 21.0. The van der Waals surface area contributed by atoms with Crippen LogP contribution in [0.2, 0.25) is 0 Å². The number of ether oxygens (including phenoxy) is 1. The second kappa shape index (κ2) is 23.8. The first kappa shape index (κ1) is 51.9. The summed E-state index contributed by atoms with van der Waals surface area (Å²) in [4.78, 5) is 87.8. The van der Waals surface area contributed by atoms with Crippen molar-refractivity contribution in [1.29, 1.82) is 0 Å². The highest BCUT2D eigenvalue weighted by Gasteiger charge is 2.50. The Morgan fingerprint density at radius 1 is 0.950 bits per heavy atom. The summed E-state index contributed by atoms with van der Waals surface area (Å²) in [5, 5.41) is 35.3. The van der Waals surface area contributed by atoms with Gasteiger partial charge in [-0.05, 0) is 12.8 Å². The molecule has 0 aliphatic carbocycles. The van der Waals surface area contributed by atoms with E-state index in [4.69, 9.17) is 24.6 Å². The van der Waals surface area contributed by atoms with Gasteiger partial charge in [0.05, 0.1) is 19.5 Å². The number of nitrogen functional groups attached to an aromatic ring is 1. The zero-order valence-electron chi connectivity index (χ0n) is 32.9. The van der Waals surface area contributed by atoms with E-state index in [0.717, 1.165) is 73.9 Å². The molecule has 1 aliphatic rings. The molecular weight excluding hydrogens is 883 g/mol. The molecule has 1 aliphatic heterocycles. The number of aliphatic hydroxyl groups is 3. The number of fused-ring (bicyclic) bond motifs is 1. The molecule has 0 spiro atoms. The summed E-state index contributed by atoms with van der Waals surface area (Å²) in [5.74, 6) is -1.08. The number of hydrogen-bond acceptors (Lipinski definition) is 19. The van der Waals surface area contributed by atoms with Gasteiger partial charge in [-0.3, -0.25) is 32.5 Å². The highest BCUT2D eigenvalue weighted by molar-refractivity contribution is 8.13. The van der Waals surface area contributed by atoms with Gasteiger partial charge in [-0.2, -0.15) is 4.31 Å². The van der Waals surface area contributed by atoms with Gasteiger partial charge in [-0.1, -0.05) is 57.7 Å². The molecule has 2 amide bonds. The number of phosphoric acid groups is 3. The Kier molecular flexibility index (Phi) is 20.6. The fraction of sp³-hybridized carbons (Fsp3) is 0.742. The van der Waals surface area contributed by atoms with Crippen LogP contribution >= 0.6 is 35.2 Å². The van der Waals surface area contributed by atoms with E-state index in [0.29, 0.717) is 12.2 Å². The number of aromatic nitrogens is 4. The number of nitrogens with two attached hydrogens (primary N) is 1. The number of amides is 2. The minimum absolute atomic E-state index is 0.0291. The largest absolute Gasteiger partial charge is 0.481 e. The number of carbonyl (C=O) groups is 3. The minimum Gasteiger partial charge on any atom is -0.396 e. The van der Waals surface area contributed by atoms with Crippen LogP contribution in [-0.4, -0.2) is 134 Å². The lowest BCUT2D eigenvalue weighted by Gasteiger charge is -2.30. The molecule has 60 heavy (non-hydrogen) atoms. The Labute approximate surface area is 348 Å². The molecule has 2 aromatic heterocycles. The zero-order valence-corrected chi connectivity index (χ0v) is 36.4. The summed E-state index contributed by atoms with van der Waals surface area (Å²) < 4.78 is 62.2. The van der Waals surface area contributed by atoms with Gasteiger partial charge in [0.25, 0.3) is 0 Å². The van der Waals surface area contributed by atoms with E-state index >= 15 is 0 Å². The molecule has 25 nitrogen and oxygen atoms in total. The number of hydrogen-bond donors (Lipinski definition) is 10. The maximum Gasteiger partial charge on any atom is 0.481 e. The molecule has 0 aromatic carbocycles. The Balaban J connectivity index is 1.40. The monoisotopic (exact) mass is 937 g/mol. The summed E-state index contributed by atoms with van der Waals surface area (Å²) in [5.41, 5.74) is 4.26. The topological polar surface area (TPSA) is 384 Å². The van der Waals surface area contributed by atoms with Crippen LogP contribution in [0.3, 0.4) is 0 Å². The fourth-order valence-electron chi connectivity index (χ4n) is 5.63. The lowest BCUT2D eigenvalue weighted by molar-refractivity contribution is -0.137. The van der Waals surface area contributed by atoms with E-state index < -0.39 is 84.6 Å². The predicted molar refractivity (Wildman–Crippen MR) is 211 cm³/mol. The number of carbonyl (C=O) groups excluding carboxylic acids is 3. The van der Waals surface area contributed by atoms with Crippen LogP contribution in [0.5, 0.6) is 0 Å². The number of aliphatic hydroxyl groups excluding tert-OH is 3. The standard InChI is InChI=1S/C31H54N7O18P3S/c1-31(2,26(43)29(44)34-12-11-21(40)33-13-15-60-22(41)10-8-6-4-3-5-7-9-14-39)17-53-59(50,51)56-58(48,49)52-16-20-25(55-57(45,46)47)24(42)30(54-20)38-19-37-23-27(32)35-18-36-28(23)38/h18-20,24-26,30,39,42-43H,3-17H2,1-2H3,(H,33,40)(H,34,44)(H,48,49)(H,50,51)(H2,32,35,36)(H2,45,46,47)/t20-,24-,25-,26+,30+/m1/s1. The lowest BCUT2D eigenvalue weighted by Crippen LogP contribution is -2.46. The van der Waals surface area contributed by atoms with Gasteiger partial charge in [-0.15, -0.1) is 0 Å². The van der Waals surface area contributed by atoms with Gasteiger partial charge < -0.3 is 56.0 Å². The average Bonchev–Trinajstić information content (AvgIpc) is 3.72. The summed E-state index contributed by atoms with van der Waals surface area (Å²) >= 11 is 1.12. The maximum absolute atomic E-state index is 12.7. The fourth-order valence-corrected chi connectivity index (χ4v) is 9.18. The van der Waals surface area contributed by atoms with Crippen LogP contribution in [0.15, 0.2) is 12.7 Å². The van der Waals surface area contributed by atoms with Crippen molar-refractivity contribution in [1.82, 2.24) is 30.2 Å². The van der Waals surface area contributed by atoms with Crippen molar-refractivity contribution in [3.8, 4) is 0 Å². The van der Waals surface area contributed by atoms with E-state index in [1.54, 1.807) is 0 Å². The minimum atomic E-state index is -5.57. The van der Waals surface area contributed by atoms with E-state index in [-0.39, 0.29) is 48.2 Å². The average molecular weight is 938 g/mol. The quantitative estimate of drug-likeness (QED) is 0.0416. The Hall–Kier alpha value is -2.48. The predicted octanol–water partition coefficient (Wildman–Crippen LogP) is 0.778. The number of unbranched alkanes of at least 4 members (excludes halogenated alkanes) is 6. The molecule has 2 aromatic rings. The molecule has 29 heteroatoms. The van der Waals surface area contributed by atoms with Crippen LogP contribution in [-0.2, 0) is 50.7 Å². The first-order chi connectivity index (χ1) is 28.1. The third kappa shape index (κ3) is 17.4. The van der Waals surface area contributed by atoms with Crippen molar-refractivity contribution in [3.05, 3.63) is 12.7 Å². The van der Waals surface area contributed by atoms with Crippen molar-refractivity contribution < 1.29 is 85.6 Å². The molecule has 2 unspecified atom stereocenters.